The Kier molecular flexibility index (Phi) is 6.12. The van der Waals surface area contributed by atoms with E-state index in [1.54, 1.807) is 35.7 Å². The van der Waals surface area contributed by atoms with Gasteiger partial charge in [0.05, 0.1) is 15.5 Å². The van der Waals surface area contributed by atoms with Gasteiger partial charge in [0.1, 0.15) is 0 Å². The van der Waals surface area contributed by atoms with Gasteiger partial charge >= 0.3 is 0 Å². The van der Waals surface area contributed by atoms with Crippen molar-refractivity contribution in [3.63, 3.8) is 0 Å². The molecule has 1 aromatic heterocycles. The Balaban J connectivity index is 1.90. The van der Waals surface area contributed by atoms with Crippen LogP contribution in [0, 0.1) is 3.57 Å². The van der Waals surface area contributed by atoms with Gasteiger partial charge in [0, 0.05) is 3.57 Å². The predicted molar refractivity (Wildman–Crippen MR) is 99.2 cm³/mol. The van der Waals surface area contributed by atoms with Gasteiger partial charge in [-0.3, -0.25) is 25.8 Å². The number of hydrogen-bond donors (Lipinski definition) is 3. The molecule has 0 aliphatic carbocycles. The van der Waals surface area contributed by atoms with E-state index in [-0.39, 0.29) is 11.0 Å². The smallest absolute Gasteiger partial charge is 0.279 e. The summed E-state index contributed by atoms with van der Waals surface area (Å²) in [6.45, 7) is 0. The van der Waals surface area contributed by atoms with Gasteiger partial charge in [0.15, 0.2) is 5.11 Å². The molecule has 0 saturated heterocycles. The van der Waals surface area contributed by atoms with Crippen molar-refractivity contribution >= 4 is 74.7 Å². The maximum atomic E-state index is 12.1. The van der Waals surface area contributed by atoms with Crippen LogP contribution in [0.25, 0.3) is 0 Å². The highest BCUT2D eigenvalue weighted by molar-refractivity contribution is 14.1. The summed E-state index contributed by atoms with van der Waals surface area (Å²) in [7, 11) is 0. The molecule has 0 fully saturated rings. The summed E-state index contributed by atoms with van der Waals surface area (Å²) in [4.78, 5) is 24.3. The molecule has 22 heavy (non-hydrogen) atoms. The molecule has 0 spiro atoms. The Bertz CT molecular complexity index is 722. The van der Waals surface area contributed by atoms with Gasteiger partial charge < -0.3 is 0 Å². The molecule has 2 aromatic rings. The molecular formula is C13H9ClIN3O2S2. The molecule has 1 heterocycles. The molecule has 1 aromatic carbocycles. The highest BCUT2D eigenvalue weighted by Crippen LogP contribution is 2.18. The van der Waals surface area contributed by atoms with Gasteiger partial charge in [0.2, 0.25) is 0 Å². The van der Waals surface area contributed by atoms with E-state index in [2.05, 4.69) is 38.8 Å². The zero-order chi connectivity index (χ0) is 16.1. The van der Waals surface area contributed by atoms with Crippen molar-refractivity contribution in [2.24, 2.45) is 0 Å². The Morgan fingerprint density at radius 2 is 1.95 bits per heavy atom. The van der Waals surface area contributed by atoms with E-state index in [0.717, 1.165) is 3.57 Å². The predicted octanol–water partition coefficient (Wildman–Crippen LogP) is 2.96. The number of thiophene rings is 1. The van der Waals surface area contributed by atoms with Crippen LogP contribution in [0.2, 0.25) is 5.02 Å². The van der Waals surface area contributed by atoms with Crippen LogP contribution in [-0.2, 0) is 0 Å². The topological polar surface area (TPSA) is 70.2 Å². The molecule has 0 unspecified atom stereocenters. The molecule has 9 heteroatoms. The number of carbonyl (C=O) groups is 2. The summed E-state index contributed by atoms with van der Waals surface area (Å²) in [5.74, 6) is -0.787. The van der Waals surface area contributed by atoms with Crippen LogP contribution < -0.4 is 16.2 Å². The summed E-state index contributed by atoms with van der Waals surface area (Å²) in [5, 5.41) is 4.53. The number of nitrogens with one attached hydrogen (secondary N) is 3. The van der Waals surface area contributed by atoms with Crippen molar-refractivity contribution in [3.05, 3.63) is 54.7 Å². The largest absolute Gasteiger partial charge is 0.298 e. The number of benzene rings is 1. The van der Waals surface area contributed by atoms with Crippen LogP contribution in [0.15, 0.2) is 35.7 Å². The Morgan fingerprint density at radius 3 is 2.64 bits per heavy atom. The van der Waals surface area contributed by atoms with E-state index in [9.17, 15) is 9.59 Å². The van der Waals surface area contributed by atoms with Crippen molar-refractivity contribution < 1.29 is 9.59 Å². The lowest BCUT2D eigenvalue weighted by molar-refractivity contribution is 0.0938. The highest BCUT2D eigenvalue weighted by atomic mass is 127. The van der Waals surface area contributed by atoms with Gasteiger partial charge in [-0.25, -0.2) is 0 Å². The fraction of sp³-hybridized carbons (Fsp3) is 0. The molecule has 0 saturated carbocycles. The maximum Gasteiger partial charge on any atom is 0.279 e. The average Bonchev–Trinajstić information content (AvgIpc) is 3.01. The first kappa shape index (κ1) is 17.1. The molecule has 3 N–H and O–H groups in total. The van der Waals surface area contributed by atoms with Crippen molar-refractivity contribution in [3.8, 4) is 0 Å². The van der Waals surface area contributed by atoms with Gasteiger partial charge in [-0.2, -0.15) is 0 Å². The Hall–Kier alpha value is -1.23. The molecule has 2 amide bonds. The van der Waals surface area contributed by atoms with Crippen molar-refractivity contribution in [2.45, 2.75) is 0 Å². The van der Waals surface area contributed by atoms with E-state index in [4.69, 9.17) is 23.8 Å². The second-order valence-corrected chi connectivity index (χ2v) is 6.97. The van der Waals surface area contributed by atoms with E-state index in [0.29, 0.717) is 15.5 Å². The van der Waals surface area contributed by atoms with E-state index >= 15 is 0 Å². The second-order valence-electron chi connectivity index (χ2n) is 3.96. The fourth-order valence-electron chi connectivity index (χ4n) is 1.46. The highest BCUT2D eigenvalue weighted by Gasteiger charge is 2.13. The number of halogens is 2. The van der Waals surface area contributed by atoms with Crippen LogP contribution in [0.3, 0.4) is 0 Å². The number of amides is 2. The quantitative estimate of drug-likeness (QED) is 0.362. The van der Waals surface area contributed by atoms with Gasteiger partial charge in [-0.1, -0.05) is 17.7 Å². The summed E-state index contributed by atoms with van der Waals surface area (Å²) in [6.07, 6.45) is 0. The zero-order valence-electron chi connectivity index (χ0n) is 10.9. The fourth-order valence-corrected chi connectivity index (χ4v) is 2.91. The van der Waals surface area contributed by atoms with Gasteiger partial charge in [0.25, 0.3) is 11.8 Å². The Morgan fingerprint density at radius 1 is 1.18 bits per heavy atom. The molecule has 0 aliphatic rings. The van der Waals surface area contributed by atoms with E-state index < -0.39 is 5.91 Å². The summed E-state index contributed by atoms with van der Waals surface area (Å²) in [5.41, 5.74) is 5.17. The molecule has 0 radical (unpaired) electrons. The average molecular weight is 466 g/mol. The van der Waals surface area contributed by atoms with Crippen LogP contribution in [-0.4, -0.2) is 16.9 Å². The lowest BCUT2D eigenvalue weighted by atomic mass is 10.2. The number of thiocarbonyl (C=S) groups is 1. The third-order valence-electron chi connectivity index (χ3n) is 2.43. The molecule has 0 aliphatic heterocycles. The first-order valence-corrected chi connectivity index (χ1v) is 8.62. The molecule has 0 atom stereocenters. The van der Waals surface area contributed by atoms with E-state index in [1.807, 2.05) is 0 Å². The lowest BCUT2D eigenvalue weighted by Crippen LogP contribution is -2.48. The zero-order valence-corrected chi connectivity index (χ0v) is 15.4. The number of carbonyl (C=O) groups excluding carboxylic acids is 2. The minimum atomic E-state index is -0.452. The maximum absolute atomic E-state index is 12.1. The van der Waals surface area contributed by atoms with Gasteiger partial charge in [-0.05, 0) is 64.5 Å². The minimum Gasteiger partial charge on any atom is -0.298 e. The Labute approximate surface area is 154 Å². The normalized spacial score (nSPS) is 9.91. The van der Waals surface area contributed by atoms with Crippen LogP contribution in [0.4, 0.5) is 0 Å². The third kappa shape index (κ3) is 4.63. The van der Waals surface area contributed by atoms with E-state index in [1.165, 1.54) is 11.3 Å². The first-order chi connectivity index (χ1) is 10.5. The molecular weight excluding hydrogens is 457 g/mol. The van der Waals surface area contributed by atoms with Crippen molar-refractivity contribution in [1.29, 1.82) is 0 Å². The standard InChI is InChI=1S/C13H9ClIN3O2S2/c14-9-4-3-7(15)6-8(9)11(19)16-13(21)18-17-12(20)10-2-1-5-22-10/h1-6H,(H,17,20)(H2,16,18,19,21). The number of rotatable bonds is 2. The van der Waals surface area contributed by atoms with Crippen LogP contribution >= 0.6 is 57.7 Å². The van der Waals surface area contributed by atoms with Crippen LogP contribution in [0.5, 0.6) is 0 Å². The number of hydrogen-bond acceptors (Lipinski definition) is 4. The summed E-state index contributed by atoms with van der Waals surface area (Å²) in [6, 6.07) is 8.50. The second kappa shape index (κ2) is 7.86. The van der Waals surface area contributed by atoms with Gasteiger partial charge in [-0.15, -0.1) is 11.3 Å². The molecule has 5 nitrogen and oxygen atoms in total. The summed E-state index contributed by atoms with van der Waals surface area (Å²) < 4.78 is 0.872. The van der Waals surface area contributed by atoms with Crippen molar-refractivity contribution in [1.82, 2.24) is 16.2 Å². The minimum absolute atomic E-state index is 0.0233. The van der Waals surface area contributed by atoms with Crippen LogP contribution in [0.1, 0.15) is 20.0 Å². The SMILES string of the molecule is O=C(NNC(=S)NC(=O)c1cc(I)ccc1Cl)c1cccs1. The first-order valence-electron chi connectivity index (χ1n) is 5.87. The molecule has 114 valence electrons. The number of hydrazine groups is 1. The summed E-state index contributed by atoms with van der Waals surface area (Å²) >= 11 is 14.3. The molecule has 0 bridgehead atoms. The monoisotopic (exact) mass is 465 g/mol. The van der Waals surface area contributed by atoms with Crippen molar-refractivity contribution in [2.75, 3.05) is 0 Å². The molecule has 2 rings (SSSR count). The third-order valence-corrected chi connectivity index (χ3v) is 4.51. The lowest BCUT2D eigenvalue weighted by Gasteiger charge is -2.11.